The second kappa shape index (κ2) is 8.59. The molecule has 3 heterocycles. The number of anilines is 2. The van der Waals surface area contributed by atoms with Crippen molar-refractivity contribution < 1.29 is 12.4 Å². The lowest BCUT2D eigenvalue weighted by Gasteiger charge is -2.26. The van der Waals surface area contributed by atoms with Gasteiger partial charge in [0.2, 0.25) is 11.7 Å². The highest BCUT2D eigenvalue weighted by Gasteiger charge is 2.24. The third kappa shape index (κ3) is 5.31. The number of ketones is 1. The van der Waals surface area contributed by atoms with E-state index in [1.54, 1.807) is 24.4 Å². The van der Waals surface area contributed by atoms with Crippen molar-refractivity contribution in [2.24, 2.45) is 5.41 Å². The first kappa shape index (κ1) is 20.8. The van der Waals surface area contributed by atoms with Gasteiger partial charge in [0.15, 0.2) is 0 Å². The second-order valence-electron chi connectivity index (χ2n) is 8.61. The first-order valence-corrected chi connectivity index (χ1v) is 9.99. The Morgan fingerprint density at radius 1 is 1.10 bits per heavy atom. The van der Waals surface area contributed by atoms with E-state index in [1.807, 2.05) is 17.0 Å². The van der Waals surface area contributed by atoms with Gasteiger partial charge in [-0.1, -0.05) is 26.8 Å². The average molecular weight is 400 g/mol. The van der Waals surface area contributed by atoms with Crippen molar-refractivity contribution in [2.75, 3.05) is 36.8 Å². The fraction of sp³-hybridized carbons (Fsp3) is 0.455. The summed E-state index contributed by atoms with van der Waals surface area (Å²) in [6, 6.07) is 8.76. The molecule has 2 N–H and O–H groups in total. The molecule has 0 radical (unpaired) electrons. The third-order valence-electron chi connectivity index (χ3n) is 4.90. The van der Waals surface area contributed by atoms with Crippen LogP contribution < -0.4 is 10.6 Å². The van der Waals surface area contributed by atoms with E-state index in [1.165, 1.54) is 0 Å². The van der Waals surface area contributed by atoms with Crippen molar-refractivity contribution in [3.05, 3.63) is 47.8 Å². The molecule has 7 heteroatoms. The van der Waals surface area contributed by atoms with Crippen LogP contribution in [-0.4, -0.2) is 52.7 Å². The largest absolute Gasteiger partial charge is 0.383 e. The molecule has 0 aromatic carbocycles. The Bertz CT molecular complexity index is 901. The molecule has 0 bridgehead atoms. The zero-order chi connectivity index (χ0) is 21.0. The molecule has 0 atom stereocenters. The number of hydrogen-bond donors (Lipinski definition) is 1. The lowest BCUT2D eigenvalue weighted by Crippen LogP contribution is -2.37. The highest BCUT2D eigenvalue weighted by molar-refractivity contribution is 6.10. The Morgan fingerprint density at radius 2 is 1.90 bits per heavy atom. The number of hydrogen-bond acceptors (Lipinski definition) is 6. The summed E-state index contributed by atoms with van der Waals surface area (Å²) in [4.78, 5) is 38.0. The number of nitrogens with zero attached hydrogens (tertiary/aromatic N) is 4. The number of carbonyl (C=O) groups is 2. The van der Waals surface area contributed by atoms with Crippen LogP contribution in [-0.2, 0) is 4.79 Å². The van der Waals surface area contributed by atoms with E-state index in [4.69, 9.17) is 5.73 Å². The molecule has 0 aliphatic carbocycles. The predicted octanol–water partition coefficient (Wildman–Crippen LogP) is 3.26. The monoisotopic (exact) mass is 399 g/mol. The molecule has 2 aromatic heterocycles. The van der Waals surface area contributed by atoms with Crippen LogP contribution >= 0.6 is 0 Å². The maximum Gasteiger partial charge on any atom is 0.223 e. The van der Waals surface area contributed by atoms with Gasteiger partial charge < -0.3 is 15.5 Å². The molecule has 1 fully saturated rings. The van der Waals surface area contributed by atoms with Crippen LogP contribution in [0.2, 0.25) is 0 Å². The molecule has 0 unspecified atom stereocenters. The summed E-state index contributed by atoms with van der Waals surface area (Å²) >= 11 is 0. The van der Waals surface area contributed by atoms with Crippen LogP contribution in [0.5, 0.6) is 0 Å². The summed E-state index contributed by atoms with van der Waals surface area (Å²) in [5, 5.41) is 0. The van der Waals surface area contributed by atoms with E-state index in [9.17, 15) is 9.59 Å². The number of carbonyl (C=O) groups excluding carboxylic acids is 2. The average Bonchev–Trinajstić information content (AvgIpc) is 2.93. The Labute approximate surface area is 174 Å². The van der Waals surface area contributed by atoms with E-state index in [-0.39, 0.29) is 25.8 Å². The summed E-state index contributed by atoms with van der Waals surface area (Å²) in [5.41, 5.74) is 6.51. The number of rotatable bonds is 4. The van der Waals surface area contributed by atoms with Crippen LogP contribution in [0, 0.1) is 5.41 Å². The standard InChI is InChI=1S/C22H29N5O2.2H2/c1-22(2,3)15-19(28)27-12-6-11-26(13-14-27)18-9-4-8-17(25-18)20(29)16-7-5-10-24-21(16)23;;/h4-5,7-10H,6,11-15H2,1-3H3,(H2,23,24);2*1H. The van der Waals surface area contributed by atoms with Gasteiger partial charge in [0, 0.05) is 41.6 Å². The molecule has 1 aliphatic heterocycles. The van der Waals surface area contributed by atoms with E-state index < -0.39 is 0 Å². The van der Waals surface area contributed by atoms with Crippen LogP contribution in [0.15, 0.2) is 36.5 Å². The summed E-state index contributed by atoms with van der Waals surface area (Å²) in [5.74, 6) is 0.897. The molecular weight excluding hydrogens is 366 g/mol. The smallest absolute Gasteiger partial charge is 0.223 e. The van der Waals surface area contributed by atoms with Gasteiger partial charge >= 0.3 is 0 Å². The summed E-state index contributed by atoms with van der Waals surface area (Å²) in [7, 11) is 0. The minimum absolute atomic E-state index is 0. The van der Waals surface area contributed by atoms with Gasteiger partial charge in [-0.3, -0.25) is 9.59 Å². The van der Waals surface area contributed by atoms with Gasteiger partial charge in [-0.15, -0.1) is 0 Å². The van der Waals surface area contributed by atoms with Crippen molar-refractivity contribution in [2.45, 2.75) is 33.6 Å². The number of nitrogens with two attached hydrogens (primary N) is 1. The Morgan fingerprint density at radius 3 is 2.62 bits per heavy atom. The van der Waals surface area contributed by atoms with E-state index in [0.29, 0.717) is 30.8 Å². The first-order chi connectivity index (χ1) is 13.7. The van der Waals surface area contributed by atoms with Gasteiger partial charge in [0.1, 0.15) is 17.3 Å². The Balaban J connectivity index is 0.00000240. The summed E-state index contributed by atoms with van der Waals surface area (Å²) < 4.78 is 0. The highest BCUT2D eigenvalue weighted by Crippen LogP contribution is 2.22. The molecular formula is C22H33N5O2. The number of amides is 1. The molecule has 1 amide bonds. The van der Waals surface area contributed by atoms with E-state index in [0.717, 1.165) is 25.3 Å². The van der Waals surface area contributed by atoms with Crippen molar-refractivity contribution in [1.29, 1.82) is 0 Å². The zero-order valence-corrected chi connectivity index (χ0v) is 17.4. The van der Waals surface area contributed by atoms with Gasteiger partial charge in [-0.2, -0.15) is 0 Å². The molecule has 29 heavy (non-hydrogen) atoms. The lowest BCUT2D eigenvalue weighted by atomic mass is 9.91. The van der Waals surface area contributed by atoms with Crippen LogP contribution in [0.4, 0.5) is 11.6 Å². The van der Waals surface area contributed by atoms with Gasteiger partial charge in [0.05, 0.1) is 5.56 Å². The number of aromatic nitrogens is 2. The van der Waals surface area contributed by atoms with Gasteiger partial charge in [0.25, 0.3) is 0 Å². The first-order valence-electron chi connectivity index (χ1n) is 9.99. The van der Waals surface area contributed by atoms with Crippen molar-refractivity contribution >= 4 is 23.3 Å². The van der Waals surface area contributed by atoms with Gasteiger partial charge in [-0.25, -0.2) is 9.97 Å². The number of pyridine rings is 2. The quantitative estimate of drug-likeness (QED) is 0.794. The van der Waals surface area contributed by atoms with Crippen molar-refractivity contribution in [3.63, 3.8) is 0 Å². The highest BCUT2D eigenvalue weighted by atomic mass is 16.2. The van der Waals surface area contributed by atoms with Crippen LogP contribution in [0.1, 0.15) is 52.5 Å². The fourth-order valence-corrected chi connectivity index (χ4v) is 3.43. The molecule has 7 nitrogen and oxygen atoms in total. The molecule has 1 aliphatic rings. The summed E-state index contributed by atoms with van der Waals surface area (Å²) in [6.45, 7) is 9.12. The maximum atomic E-state index is 12.8. The van der Waals surface area contributed by atoms with Crippen molar-refractivity contribution in [3.8, 4) is 0 Å². The predicted molar refractivity (Wildman–Crippen MR) is 118 cm³/mol. The van der Waals surface area contributed by atoms with Crippen molar-refractivity contribution in [1.82, 2.24) is 14.9 Å². The minimum atomic E-state index is -0.241. The van der Waals surface area contributed by atoms with E-state index in [2.05, 4.69) is 35.6 Å². The maximum absolute atomic E-state index is 12.8. The number of nitrogen functional groups attached to an aromatic ring is 1. The molecule has 0 saturated carbocycles. The van der Waals surface area contributed by atoms with Gasteiger partial charge in [-0.05, 0) is 36.1 Å². The molecule has 2 aromatic rings. The Hall–Kier alpha value is -2.96. The fourth-order valence-electron chi connectivity index (χ4n) is 3.43. The van der Waals surface area contributed by atoms with Crippen LogP contribution in [0.25, 0.3) is 0 Å². The second-order valence-corrected chi connectivity index (χ2v) is 8.61. The molecule has 158 valence electrons. The normalized spacial score (nSPS) is 15.1. The summed E-state index contributed by atoms with van der Waals surface area (Å²) in [6.07, 6.45) is 2.97. The molecule has 0 spiro atoms. The zero-order valence-electron chi connectivity index (χ0n) is 17.4. The lowest BCUT2D eigenvalue weighted by molar-refractivity contribution is -0.132. The third-order valence-corrected chi connectivity index (χ3v) is 4.90. The van der Waals surface area contributed by atoms with Crippen LogP contribution in [0.3, 0.4) is 0 Å². The molecule has 3 rings (SSSR count). The molecule has 1 saturated heterocycles. The topological polar surface area (TPSA) is 92.4 Å². The Kier molecular flexibility index (Phi) is 6.15. The van der Waals surface area contributed by atoms with E-state index >= 15 is 0 Å². The SMILES string of the molecule is CC(C)(C)CC(=O)N1CCCN(c2cccc(C(=O)c3cccnc3N)n2)CC1.[HH].[HH]. The minimum Gasteiger partial charge on any atom is -0.383 e.